The van der Waals surface area contributed by atoms with Gasteiger partial charge < -0.3 is 213 Å². The largest absolute Gasteiger partial charge is 0.432 e. The van der Waals surface area contributed by atoms with Crippen molar-refractivity contribution in [2.75, 3.05) is 46.2 Å². The first kappa shape index (κ1) is 99.5. The fraction of sp³-hybridized carbons (Fsp3) is 0.963. The van der Waals surface area contributed by atoms with Crippen molar-refractivity contribution in [1.29, 1.82) is 0 Å². The Kier molecular flexibility index (Phi) is 30.5. The topological polar surface area (TPSA) is 689 Å². The summed E-state index contributed by atoms with van der Waals surface area (Å²) in [6.45, 7) is 12.6. The molecule has 9 saturated heterocycles. The van der Waals surface area contributed by atoms with Gasteiger partial charge in [0.2, 0.25) is 6.29 Å². The van der Waals surface area contributed by atoms with Crippen molar-refractivity contribution in [3.63, 3.8) is 0 Å². The van der Waals surface area contributed by atoms with Gasteiger partial charge in [0.1, 0.15) is 189 Å². The Balaban J connectivity index is 0.596. The van der Waals surface area contributed by atoms with E-state index in [0.717, 1.165) is 5.57 Å². The van der Waals surface area contributed by atoms with E-state index in [-0.39, 0.29) is 29.8 Å². The van der Waals surface area contributed by atoms with Crippen molar-refractivity contribution in [1.82, 2.24) is 0 Å². The second-order valence-electron chi connectivity index (χ2n) is 39.3. The normalized spacial score (nSPS) is 55.3. The predicted octanol–water partition coefficient (Wildman–Crippen LogP) is -9.58. The summed E-state index contributed by atoms with van der Waals surface area (Å²) in [6, 6.07) is 0. The maximum absolute atomic E-state index is 15.4. The number of aliphatic hydroxyl groups excluding tert-OH is 25. The monoisotopic (exact) mass is 1820 g/mol. The smallest absolute Gasteiger partial charge is 0.315 e. The van der Waals surface area contributed by atoms with Gasteiger partial charge in [-0.1, -0.05) is 53.2 Å². The van der Waals surface area contributed by atoms with Gasteiger partial charge in [-0.15, -0.1) is 0 Å². The summed E-state index contributed by atoms with van der Waals surface area (Å²) in [5.74, 6) is -1.26. The molecule has 9 aliphatic heterocycles. The molecule has 0 unspecified atom stereocenters. The third-order valence-electron chi connectivity index (χ3n) is 31.2. The molecule has 25 N–H and O–H groups in total. The molecule has 0 aromatic rings. The van der Waals surface area contributed by atoms with Gasteiger partial charge in [0, 0.05) is 5.41 Å². The first-order chi connectivity index (χ1) is 59.2. The standard InChI is InChI=1S/C82H134O44/c1-28-42(87)49(94)56(101)67(113-28)110-24-36-46(91)51(96)58(103)72(119-36)123-64-35(22-84)117-71(61(106)54(64)99)118-38-26-112-69(55(100)48(38)93)124-65-44(89)30(3)115-74(62(65)107)125-66-45(90)33(86)23-109-75(66)121-41-13-14-78(6)39(79(41,7)27-85)12-15-81(9)40(78)11-10-31-32-20-77(4,5)16-18-82(32,19-17-80(31,81)8)76(108)126-73-59(104)52(97)47(92)37(120-73)25-111-68-60(105)53(98)63(34(21-83)116-68)122-70-57(102)50(95)43(88)29(2)114-70/h10,28-30,32-75,83-107H,11-27H2,1-9H3/t28-,29-,30-,32-,33-,34+,35+,36+,37+,38+,39+,40+,41-,42-,43-,44-,45-,46+,47+,48+,49+,50+,51-,52-,53+,54+,55+,56+,57+,58+,59+,60+,61+,62+,63+,64+,65+,66+,67+,68+,69-,70-,71-,72-,73-,74-,75-,78-,79-,80+,81+,82-/m0/s1. The number of hydrogen-bond donors (Lipinski definition) is 25. The highest BCUT2D eigenvalue weighted by atomic mass is 16.8. The van der Waals surface area contributed by atoms with E-state index in [2.05, 4.69) is 40.7 Å². The molecule has 52 atom stereocenters. The number of ether oxygens (including phenoxy) is 18. The molecule has 44 nitrogen and oxygen atoms in total. The van der Waals surface area contributed by atoms with E-state index in [1.165, 1.54) is 20.8 Å². The molecular weight excluding hydrogens is 1690 g/mol. The van der Waals surface area contributed by atoms with E-state index < -0.39 is 343 Å². The van der Waals surface area contributed by atoms with Gasteiger partial charge in [-0.2, -0.15) is 0 Å². The van der Waals surface area contributed by atoms with Gasteiger partial charge >= 0.3 is 5.97 Å². The second-order valence-corrected chi connectivity index (χ2v) is 39.3. The van der Waals surface area contributed by atoms with Crippen LogP contribution in [0.4, 0.5) is 0 Å². The quantitative estimate of drug-likeness (QED) is 0.0257. The highest BCUT2D eigenvalue weighted by Gasteiger charge is 2.72. The van der Waals surface area contributed by atoms with Gasteiger partial charge in [0.25, 0.3) is 0 Å². The van der Waals surface area contributed by atoms with Gasteiger partial charge in [-0.05, 0) is 124 Å². The van der Waals surface area contributed by atoms with Crippen LogP contribution < -0.4 is 0 Å². The SMILES string of the molecule is C[C@@H]1O[C@@H](OC[C@H]2O[C@@H](O[C@H]3[C@H](O)[C@@H](O)[C@H](O[C@@H]4CO[C@@H](O[C@@H]5[C@@H](O)[C@H](C)O[C@@H](O[C@H]6[C@H](O[C@H]7CC[C@@]8(C)[C@@H](CC[C@]9(C)[C@@H]8CC=C8[C@@H]%10CC(C)(C)CC[C@]%10(C(=O)O[C@@H]%10O[C@H](CO[C@@H]%11O[C@H](CO)[C@@H](O[C@@H]%12O[C@@H](C)[C@H](O)[C@@H](O)[C@H]%12O)[C@H](O)[C@H]%11O)[C@@H](O)[C@H](O)[C@H]%10O)CC[C@]89C)[C@]7(C)CO)OC[C@H](O)[C@@H]6O)[C@@H]5O)[C@H](O)[C@@H]4O)O[C@@H]3CO)[C@H](O)[C@@H](O)[C@@H]2O)[C@H](O)[C@H](O)[C@H]1O. The van der Waals surface area contributed by atoms with Gasteiger partial charge in [-0.3, -0.25) is 4.79 Å². The maximum atomic E-state index is 15.4. The first-order valence-corrected chi connectivity index (χ1v) is 43.9. The fourth-order valence-electron chi connectivity index (χ4n) is 23.0. The van der Waals surface area contributed by atoms with Crippen molar-refractivity contribution >= 4 is 5.97 Å². The lowest BCUT2D eigenvalue weighted by Crippen LogP contribution is -2.67. The van der Waals surface area contributed by atoms with Crippen molar-refractivity contribution in [2.24, 2.45) is 50.2 Å². The fourth-order valence-corrected chi connectivity index (χ4v) is 23.0. The molecule has 9 heterocycles. The lowest BCUT2D eigenvalue weighted by molar-refractivity contribution is -0.387. The number of aliphatic hydroxyl groups is 25. The van der Waals surface area contributed by atoms with Gasteiger partial charge in [0.05, 0.1) is 76.1 Å². The number of allylic oxidation sites excluding steroid dienone is 2. The molecule has 0 radical (unpaired) electrons. The number of fused-ring (bicyclic) bond motifs is 7. The molecule has 126 heavy (non-hydrogen) atoms. The zero-order valence-electron chi connectivity index (χ0n) is 71.7. The third-order valence-corrected chi connectivity index (χ3v) is 31.2. The lowest BCUT2D eigenvalue weighted by atomic mass is 9.33. The zero-order valence-corrected chi connectivity index (χ0v) is 71.7. The van der Waals surface area contributed by atoms with Crippen LogP contribution in [0.3, 0.4) is 0 Å². The van der Waals surface area contributed by atoms with Crippen LogP contribution in [-0.4, -0.2) is 450 Å². The molecule has 726 valence electrons. The van der Waals surface area contributed by atoms with E-state index in [0.29, 0.717) is 64.2 Å². The van der Waals surface area contributed by atoms with Crippen LogP contribution in [0.15, 0.2) is 11.6 Å². The van der Waals surface area contributed by atoms with E-state index in [9.17, 15) is 128 Å². The lowest BCUT2D eigenvalue weighted by Gasteiger charge is -2.71. The Morgan fingerprint density at radius 2 is 0.841 bits per heavy atom. The molecule has 14 rings (SSSR count). The van der Waals surface area contributed by atoms with Crippen LogP contribution in [0.1, 0.15) is 127 Å². The predicted molar refractivity (Wildman–Crippen MR) is 411 cm³/mol. The van der Waals surface area contributed by atoms with Gasteiger partial charge in [-0.25, -0.2) is 0 Å². The van der Waals surface area contributed by atoms with E-state index >= 15 is 4.79 Å². The van der Waals surface area contributed by atoms with Crippen LogP contribution in [0, 0.1) is 50.2 Å². The minimum absolute atomic E-state index is 0.00108. The molecule has 4 saturated carbocycles. The Bertz CT molecular complexity index is 3630. The Hall–Kier alpha value is -2.47. The molecule has 0 spiro atoms. The van der Waals surface area contributed by atoms with Crippen molar-refractivity contribution in [3.8, 4) is 0 Å². The number of carbonyl (C=O) groups is 1. The average molecular weight is 1820 g/mol. The van der Waals surface area contributed by atoms with Crippen molar-refractivity contribution in [2.45, 2.75) is 397 Å². The summed E-state index contributed by atoms with van der Waals surface area (Å²) < 4.78 is 106. The summed E-state index contributed by atoms with van der Waals surface area (Å²) in [5.41, 5.74) is -2.69. The maximum Gasteiger partial charge on any atom is 0.315 e. The Morgan fingerprint density at radius 3 is 1.43 bits per heavy atom. The van der Waals surface area contributed by atoms with E-state index in [1.807, 2.05) is 6.92 Å². The average Bonchev–Trinajstić information content (AvgIpc) is 0.672. The third kappa shape index (κ3) is 18.0. The van der Waals surface area contributed by atoms with Crippen LogP contribution in [0.5, 0.6) is 0 Å². The molecule has 44 heteroatoms. The molecular formula is C82H134O44. The van der Waals surface area contributed by atoms with Crippen LogP contribution >= 0.6 is 0 Å². The number of rotatable bonds is 23. The molecule has 5 aliphatic carbocycles. The minimum Gasteiger partial charge on any atom is -0.432 e. The summed E-state index contributed by atoms with van der Waals surface area (Å²) in [4.78, 5) is 15.4. The number of carbonyl (C=O) groups excluding carboxylic acids is 1. The molecule has 0 amide bonds. The molecule has 0 bridgehead atoms. The van der Waals surface area contributed by atoms with Crippen LogP contribution in [0.25, 0.3) is 0 Å². The van der Waals surface area contributed by atoms with Gasteiger partial charge in [0.15, 0.2) is 50.3 Å². The highest BCUT2D eigenvalue weighted by molar-refractivity contribution is 5.79. The zero-order chi connectivity index (χ0) is 91.7. The summed E-state index contributed by atoms with van der Waals surface area (Å²) in [7, 11) is 0. The second kappa shape index (κ2) is 38.6. The van der Waals surface area contributed by atoms with Crippen molar-refractivity contribution < 1.29 is 218 Å². The molecule has 0 aromatic heterocycles. The summed E-state index contributed by atoms with van der Waals surface area (Å²) in [6.07, 6.45) is -67.7. The van der Waals surface area contributed by atoms with Crippen LogP contribution in [-0.2, 0) is 90.1 Å². The molecule has 0 aromatic carbocycles. The molecule has 13 fully saturated rings. The Morgan fingerprint density at radius 1 is 0.389 bits per heavy atom. The van der Waals surface area contributed by atoms with Crippen molar-refractivity contribution in [3.05, 3.63) is 11.6 Å². The Labute approximate surface area is 726 Å². The minimum atomic E-state index is -2.10. The van der Waals surface area contributed by atoms with Crippen LogP contribution in [0.2, 0.25) is 0 Å². The van der Waals surface area contributed by atoms with E-state index in [1.54, 1.807) is 0 Å². The molecule has 14 aliphatic rings. The number of hydrogen-bond acceptors (Lipinski definition) is 44. The summed E-state index contributed by atoms with van der Waals surface area (Å²) in [5, 5.41) is 276. The number of esters is 1. The summed E-state index contributed by atoms with van der Waals surface area (Å²) >= 11 is 0. The first-order valence-electron chi connectivity index (χ1n) is 43.9. The highest BCUT2D eigenvalue weighted by Crippen LogP contribution is 2.76. The van der Waals surface area contributed by atoms with E-state index in [4.69, 9.17) is 85.3 Å².